The SMILES string of the molecule is Cc1nc(-c2ccccc2)c([N+](=O)[O-])c(-c2ccco2)c1/C(O)=C/C(=O)C(=O)O. The minimum absolute atomic E-state index is 0.0422. The molecule has 0 bridgehead atoms. The third-order valence-corrected chi connectivity index (χ3v) is 4.08. The molecule has 3 rings (SSSR count). The van der Waals surface area contributed by atoms with E-state index in [2.05, 4.69) is 4.98 Å². The largest absolute Gasteiger partial charge is 0.507 e. The molecule has 2 heterocycles. The van der Waals surface area contributed by atoms with E-state index in [1.807, 2.05) is 0 Å². The number of hydrogen-bond donors (Lipinski definition) is 2. The minimum Gasteiger partial charge on any atom is -0.507 e. The Morgan fingerprint density at radius 1 is 1.14 bits per heavy atom. The molecule has 2 aromatic heterocycles. The number of hydrogen-bond acceptors (Lipinski definition) is 7. The third-order valence-electron chi connectivity index (χ3n) is 4.08. The summed E-state index contributed by atoms with van der Waals surface area (Å²) in [5.74, 6) is -3.88. The molecule has 9 nitrogen and oxygen atoms in total. The van der Waals surface area contributed by atoms with Gasteiger partial charge in [-0.15, -0.1) is 0 Å². The summed E-state index contributed by atoms with van der Waals surface area (Å²) in [7, 11) is 0. The fourth-order valence-corrected chi connectivity index (χ4v) is 2.90. The number of aliphatic hydroxyl groups excluding tert-OH is 1. The van der Waals surface area contributed by atoms with Gasteiger partial charge in [0.2, 0.25) is 0 Å². The van der Waals surface area contributed by atoms with Crippen molar-refractivity contribution in [3.8, 4) is 22.6 Å². The normalized spacial score (nSPS) is 11.3. The van der Waals surface area contributed by atoms with Crippen molar-refractivity contribution in [1.82, 2.24) is 4.98 Å². The van der Waals surface area contributed by atoms with Crippen LogP contribution in [0.2, 0.25) is 0 Å². The number of carbonyl (C=O) groups is 2. The van der Waals surface area contributed by atoms with Crippen molar-refractivity contribution in [3.63, 3.8) is 0 Å². The summed E-state index contributed by atoms with van der Waals surface area (Å²) >= 11 is 0. The first kappa shape index (κ1) is 19.5. The fourth-order valence-electron chi connectivity index (χ4n) is 2.90. The topological polar surface area (TPSA) is 144 Å². The van der Waals surface area contributed by atoms with Crippen LogP contribution in [0.3, 0.4) is 0 Å². The van der Waals surface area contributed by atoms with Crippen molar-refractivity contribution in [1.29, 1.82) is 0 Å². The quantitative estimate of drug-likeness (QED) is 0.211. The second-order valence-corrected chi connectivity index (χ2v) is 5.94. The van der Waals surface area contributed by atoms with Crippen molar-refractivity contribution in [2.75, 3.05) is 0 Å². The van der Waals surface area contributed by atoms with E-state index in [4.69, 9.17) is 9.52 Å². The molecule has 9 heteroatoms. The lowest BCUT2D eigenvalue weighted by atomic mass is 9.96. The molecule has 0 saturated heterocycles. The second kappa shape index (κ2) is 7.77. The maximum Gasteiger partial charge on any atom is 0.376 e. The Hall–Kier alpha value is -4.27. The zero-order valence-electron chi connectivity index (χ0n) is 15.0. The van der Waals surface area contributed by atoms with Crippen LogP contribution < -0.4 is 0 Å². The van der Waals surface area contributed by atoms with Crippen molar-refractivity contribution >= 4 is 23.2 Å². The molecule has 29 heavy (non-hydrogen) atoms. The van der Waals surface area contributed by atoms with Crippen LogP contribution in [0.25, 0.3) is 28.3 Å². The summed E-state index contributed by atoms with van der Waals surface area (Å²) < 4.78 is 5.33. The first-order chi connectivity index (χ1) is 13.8. The molecule has 0 radical (unpaired) electrons. The minimum atomic E-state index is -1.78. The highest BCUT2D eigenvalue weighted by molar-refractivity contribution is 6.38. The van der Waals surface area contributed by atoms with E-state index in [9.17, 15) is 24.8 Å². The van der Waals surface area contributed by atoms with Crippen LogP contribution in [-0.2, 0) is 9.59 Å². The molecule has 0 fully saturated rings. The summed E-state index contributed by atoms with van der Waals surface area (Å²) in [6.07, 6.45) is 1.77. The van der Waals surface area contributed by atoms with Gasteiger partial charge in [-0.25, -0.2) is 9.78 Å². The van der Waals surface area contributed by atoms with Gasteiger partial charge in [0.1, 0.15) is 22.8 Å². The number of rotatable bonds is 6. The van der Waals surface area contributed by atoms with Gasteiger partial charge in [-0.3, -0.25) is 14.9 Å². The van der Waals surface area contributed by atoms with Crippen LogP contribution in [0.5, 0.6) is 0 Å². The summed E-state index contributed by atoms with van der Waals surface area (Å²) in [4.78, 5) is 38.0. The number of aromatic nitrogens is 1. The lowest BCUT2D eigenvalue weighted by Crippen LogP contribution is -2.11. The Bertz CT molecular complexity index is 1130. The number of carboxylic acids is 1. The first-order valence-electron chi connectivity index (χ1n) is 8.27. The van der Waals surface area contributed by atoms with Gasteiger partial charge >= 0.3 is 11.7 Å². The number of aryl methyl sites for hydroxylation is 1. The number of carbonyl (C=O) groups excluding carboxylic acids is 1. The van der Waals surface area contributed by atoms with E-state index in [0.29, 0.717) is 11.6 Å². The predicted octanol–water partition coefficient (Wildman–Crippen LogP) is 3.78. The lowest BCUT2D eigenvalue weighted by Gasteiger charge is -2.14. The van der Waals surface area contributed by atoms with Crippen LogP contribution in [0.4, 0.5) is 5.69 Å². The van der Waals surface area contributed by atoms with E-state index < -0.39 is 28.1 Å². The monoisotopic (exact) mass is 394 g/mol. The Kier molecular flexibility index (Phi) is 5.22. The van der Waals surface area contributed by atoms with Gasteiger partial charge in [0, 0.05) is 11.6 Å². The van der Waals surface area contributed by atoms with Crippen molar-refractivity contribution in [2.24, 2.45) is 0 Å². The Labute approximate surface area is 163 Å². The van der Waals surface area contributed by atoms with Gasteiger partial charge in [-0.2, -0.15) is 0 Å². The molecule has 0 amide bonds. The van der Waals surface area contributed by atoms with Crippen molar-refractivity contribution in [3.05, 3.63) is 76.2 Å². The number of nitrogens with zero attached hydrogens (tertiary/aromatic N) is 2. The smallest absolute Gasteiger partial charge is 0.376 e. The van der Waals surface area contributed by atoms with E-state index in [0.717, 1.165) is 0 Å². The highest BCUT2D eigenvalue weighted by Crippen LogP contribution is 2.43. The number of ketones is 1. The van der Waals surface area contributed by atoms with Crippen LogP contribution in [0.1, 0.15) is 11.3 Å². The Balaban J connectivity index is 2.42. The zero-order valence-corrected chi connectivity index (χ0v) is 15.0. The van der Waals surface area contributed by atoms with Crippen LogP contribution in [0, 0.1) is 17.0 Å². The molecule has 0 aliphatic carbocycles. The molecule has 0 spiro atoms. The Morgan fingerprint density at radius 3 is 2.38 bits per heavy atom. The maximum absolute atomic E-state index is 12.0. The molecule has 0 unspecified atom stereocenters. The first-order valence-corrected chi connectivity index (χ1v) is 8.27. The number of nitro groups is 1. The maximum atomic E-state index is 12.0. The average Bonchev–Trinajstić information content (AvgIpc) is 3.21. The number of benzene rings is 1. The summed E-state index contributed by atoms with van der Waals surface area (Å²) in [5, 5.41) is 31.2. The van der Waals surface area contributed by atoms with Gasteiger partial charge in [-0.05, 0) is 19.1 Å². The average molecular weight is 394 g/mol. The molecule has 0 aliphatic heterocycles. The Morgan fingerprint density at radius 2 is 1.83 bits per heavy atom. The number of carboxylic acid groups (broad SMARTS) is 1. The molecule has 2 N–H and O–H groups in total. The molecule has 0 saturated carbocycles. The molecular weight excluding hydrogens is 380 g/mol. The van der Waals surface area contributed by atoms with Gasteiger partial charge < -0.3 is 14.6 Å². The highest BCUT2D eigenvalue weighted by atomic mass is 16.6. The van der Waals surface area contributed by atoms with E-state index in [-0.39, 0.29) is 28.3 Å². The number of aliphatic carboxylic acids is 1. The number of furan rings is 1. The predicted molar refractivity (Wildman–Crippen MR) is 102 cm³/mol. The summed E-state index contributed by atoms with van der Waals surface area (Å²) in [6, 6.07) is 11.4. The van der Waals surface area contributed by atoms with Gasteiger partial charge in [-0.1, -0.05) is 30.3 Å². The lowest BCUT2D eigenvalue weighted by molar-refractivity contribution is -0.383. The van der Waals surface area contributed by atoms with Gasteiger partial charge in [0.25, 0.3) is 5.78 Å². The molecule has 1 aromatic carbocycles. The highest BCUT2D eigenvalue weighted by Gasteiger charge is 2.32. The van der Waals surface area contributed by atoms with Gasteiger partial charge in [0.15, 0.2) is 0 Å². The van der Waals surface area contributed by atoms with E-state index >= 15 is 0 Å². The second-order valence-electron chi connectivity index (χ2n) is 5.94. The third kappa shape index (κ3) is 3.74. The van der Waals surface area contributed by atoms with Crippen LogP contribution in [-0.4, -0.2) is 31.9 Å². The molecule has 0 atom stereocenters. The van der Waals surface area contributed by atoms with E-state index in [1.165, 1.54) is 25.3 Å². The molecule has 3 aromatic rings. The van der Waals surface area contributed by atoms with Crippen molar-refractivity contribution < 1.29 is 29.1 Å². The molecule has 0 aliphatic rings. The van der Waals surface area contributed by atoms with E-state index in [1.54, 1.807) is 30.3 Å². The number of aliphatic hydroxyl groups is 1. The molecule has 146 valence electrons. The summed E-state index contributed by atoms with van der Waals surface area (Å²) in [6.45, 7) is 1.48. The summed E-state index contributed by atoms with van der Waals surface area (Å²) in [5.41, 5.74) is -0.0752. The van der Waals surface area contributed by atoms with Crippen molar-refractivity contribution in [2.45, 2.75) is 6.92 Å². The van der Waals surface area contributed by atoms with Crippen LogP contribution >= 0.6 is 0 Å². The molecular formula is C20H14N2O7. The standard InChI is InChI=1S/C20H14N2O7/c1-11-16(13(23)10-14(24)20(25)26)17(15-8-5-9-29-15)19(22(27)28)18(21-11)12-6-3-2-4-7-12/h2-10,23H,1H3,(H,25,26)/b13-10-. The zero-order chi connectivity index (χ0) is 21.1. The van der Waals surface area contributed by atoms with Gasteiger partial charge in [0.05, 0.1) is 22.4 Å². The fraction of sp³-hybridized carbons (Fsp3) is 0.0500. The van der Waals surface area contributed by atoms with Crippen LogP contribution in [0.15, 0.2) is 59.2 Å². The number of pyridine rings is 1.